The minimum Gasteiger partial charge on any atom is -0.316 e. The Morgan fingerprint density at radius 1 is 0.833 bits per heavy atom. The fraction of sp³-hybridized carbons (Fsp3) is 0.462. The number of aromatic nitrogens is 5. The Balaban J connectivity index is 2.39. The van der Waals surface area contributed by atoms with E-state index in [9.17, 15) is 0 Å². The molecule has 3 rings (SSSR count). The van der Waals surface area contributed by atoms with Crippen molar-refractivity contribution in [2.75, 3.05) is 0 Å². The van der Waals surface area contributed by atoms with Crippen molar-refractivity contribution in [1.29, 1.82) is 0 Å². The van der Waals surface area contributed by atoms with Crippen LogP contribution in [0.4, 0.5) is 0 Å². The van der Waals surface area contributed by atoms with Crippen LogP contribution < -0.4 is 0 Å². The van der Waals surface area contributed by atoms with Crippen molar-refractivity contribution in [1.82, 2.24) is 24.1 Å². The molecule has 0 amide bonds. The molecule has 0 aliphatic carbocycles. The Labute approximate surface area is 105 Å². The Kier molecular flexibility index (Phi) is 2.36. The Morgan fingerprint density at radius 3 is 1.67 bits per heavy atom. The lowest BCUT2D eigenvalue weighted by Gasteiger charge is -1.99. The van der Waals surface area contributed by atoms with Gasteiger partial charge in [0, 0.05) is 26.9 Å². The minimum atomic E-state index is 0.914. The molecule has 0 fully saturated rings. The van der Waals surface area contributed by atoms with Crippen molar-refractivity contribution < 1.29 is 0 Å². The Bertz CT molecular complexity index is 675. The summed E-state index contributed by atoms with van der Waals surface area (Å²) in [6, 6.07) is 2.04. The van der Waals surface area contributed by atoms with Crippen LogP contribution in [0.5, 0.6) is 0 Å². The summed E-state index contributed by atoms with van der Waals surface area (Å²) in [5.41, 5.74) is 3.74. The summed E-state index contributed by atoms with van der Waals surface area (Å²) >= 11 is 0. The quantitative estimate of drug-likeness (QED) is 0.691. The van der Waals surface area contributed by atoms with Crippen molar-refractivity contribution in [3.8, 4) is 0 Å². The zero-order chi connectivity index (χ0) is 12.9. The predicted molar refractivity (Wildman–Crippen MR) is 71.5 cm³/mol. The second-order valence-electron chi connectivity index (χ2n) is 4.56. The first kappa shape index (κ1) is 11.2. The number of fused-ring (bicyclic) bond motifs is 2. The molecule has 0 saturated carbocycles. The molecule has 0 unspecified atom stereocenters. The lowest BCUT2D eigenvalue weighted by Crippen LogP contribution is -1.99. The van der Waals surface area contributed by atoms with Gasteiger partial charge in [-0.25, -0.2) is 15.0 Å². The standard InChI is InChI=1S/C13H17N5/c1-5-10-14-8-7-9-13(16-12(8)17(10)3)18(4)11(6-2)15-9/h7H,5-6H2,1-4H3. The molecule has 0 atom stereocenters. The van der Waals surface area contributed by atoms with Gasteiger partial charge in [-0.2, -0.15) is 0 Å². The summed E-state index contributed by atoms with van der Waals surface area (Å²) in [6.45, 7) is 4.21. The molecule has 3 aromatic heterocycles. The Morgan fingerprint density at radius 2 is 1.28 bits per heavy atom. The third kappa shape index (κ3) is 1.36. The summed E-state index contributed by atoms with van der Waals surface area (Å²) in [5, 5.41) is 0. The fourth-order valence-corrected chi connectivity index (χ4v) is 2.44. The summed E-state index contributed by atoms with van der Waals surface area (Å²) < 4.78 is 4.13. The first-order valence-electron chi connectivity index (χ1n) is 6.33. The normalized spacial score (nSPS) is 11.8. The SMILES string of the molecule is CCc1nc2cc3nc(CC)n(C)c3nc2n1C. The van der Waals surface area contributed by atoms with E-state index in [0.29, 0.717) is 0 Å². The van der Waals surface area contributed by atoms with Gasteiger partial charge in [0.1, 0.15) is 22.7 Å². The molecule has 0 bridgehead atoms. The molecule has 3 heterocycles. The molecule has 0 spiro atoms. The van der Waals surface area contributed by atoms with Gasteiger partial charge in [0.15, 0.2) is 11.3 Å². The maximum atomic E-state index is 4.71. The van der Waals surface area contributed by atoms with Crippen LogP contribution in [-0.4, -0.2) is 24.1 Å². The highest BCUT2D eigenvalue weighted by molar-refractivity contribution is 5.86. The zero-order valence-electron chi connectivity index (χ0n) is 11.2. The molecule has 0 aliphatic heterocycles. The Hall–Kier alpha value is -1.91. The van der Waals surface area contributed by atoms with Crippen LogP contribution in [0.25, 0.3) is 22.3 Å². The molecule has 18 heavy (non-hydrogen) atoms. The number of pyridine rings is 1. The highest BCUT2D eigenvalue weighted by Gasteiger charge is 2.13. The lowest BCUT2D eigenvalue weighted by molar-refractivity contribution is 0.809. The molecule has 5 heteroatoms. The van der Waals surface area contributed by atoms with Gasteiger partial charge < -0.3 is 9.13 Å². The smallest absolute Gasteiger partial charge is 0.162 e. The van der Waals surface area contributed by atoms with E-state index in [-0.39, 0.29) is 0 Å². The van der Waals surface area contributed by atoms with Crippen LogP contribution in [0, 0.1) is 0 Å². The van der Waals surface area contributed by atoms with Crippen LogP contribution in [0.2, 0.25) is 0 Å². The van der Waals surface area contributed by atoms with E-state index < -0.39 is 0 Å². The van der Waals surface area contributed by atoms with Crippen molar-refractivity contribution in [3.63, 3.8) is 0 Å². The van der Waals surface area contributed by atoms with Gasteiger partial charge >= 0.3 is 0 Å². The maximum absolute atomic E-state index is 4.71. The lowest BCUT2D eigenvalue weighted by atomic mass is 10.4. The molecule has 0 N–H and O–H groups in total. The van der Waals surface area contributed by atoms with Crippen LogP contribution in [0.1, 0.15) is 25.5 Å². The van der Waals surface area contributed by atoms with E-state index in [1.807, 2.05) is 20.2 Å². The van der Waals surface area contributed by atoms with Gasteiger partial charge in [-0.05, 0) is 6.07 Å². The third-order valence-electron chi connectivity index (χ3n) is 3.48. The van der Waals surface area contributed by atoms with Crippen molar-refractivity contribution in [2.45, 2.75) is 26.7 Å². The summed E-state index contributed by atoms with van der Waals surface area (Å²) in [5.74, 6) is 2.12. The highest BCUT2D eigenvalue weighted by atomic mass is 15.2. The van der Waals surface area contributed by atoms with Gasteiger partial charge in [-0.1, -0.05) is 13.8 Å². The molecular formula is C13H17N5. The molecular weight excluding hydrogens is 226 g/mol. The number of rotatable bonds is 2. The summed E-state index contributed by atoms with van der Waals surface area (Å²) in [4.78, 5) is 13.9. The zero-order valence-corrected chi connectivity index (χ0v) is 11.2. The average molecular weight is 243 g/mol. The van der Waals surface area contributed by atoms with Crippen molar-refractivity contribution >= 4 is 22.3 Å². The van der Waals surface area contributed by atoms with E-state index in [0.717, 1.165) is 46.8 Å². The third-order valence-corrected chi connectivity index (χ3v) is 3.48. The number of nitrogens with zero attached hydrogens (tertiary/aromatic N) is 5. The molecule has 5 nitrogen and oxygen atoms in total. The number of imidazole rings is 2. The van der Waals surface area contributed by atoms with Crippen molar-refractivity contribution in [3.05, 3.63) is 17.7 Å². The van der Waals surface area contributed by atoms with Crippen LogP contribution in [-0.2, 0) is 26.9 Å². The molecule has 0 aromatic carbocycles. The van der Waals surface area contributed by atoms with Gasteiger partial charge in [-0.15, -0.1) is 0 Å². The van der Waals surface area contributed by atoms with Gasteiger partial charge in [0.25, 0.3) is 0 Å². The largest absolute Gasteiger partial charge is 0.316 e. The molecule has 0 radical (unpaired) electrons. The molecule has 94 valence electrons. The maximum Gasteiger partial charge on any atom is 0.162 e. The van der Waals surface area contributed by atoms with Crippen LogP contribution >= 0.6 is 0 Å². The average Bonchev–Trinajstić information content (AvgIpc) is 2.86. The minimum absolute atomic E-state index is 0.914. The first-order chi connectivity index (χ1) is 8.65. The number of hydrogen-bond acceptors (Lipinski definition) is 3. The number of aryl methyl sites for hydroxylation is 4. The second-order valence-corrected chi connectivity index (χ2v) is 4.56. The number of hydrogen-bond donors (Lipinski definition) is 0. The summed E-state index contributed by atoms with van der Waals surface area (Å²) in [6.07, 6.45) is 1.83. The monoisotopic (exact) mass is 243 g/mol. The van der Waals surface area contributed by atoms with Gasteiger partial charge in [0.05, 0.1) is 0 Å². The summed E-state index contributed by atoms with van der Waals surface area (Å²) in [7, 11) is 4.04. The molecule has 3 aromatic rings. The predicted octanol–water partition coefficient (Wildman–Crippen LogP) is 1.98. The second kappa shape index (κ2) is 3.80. The highest BCUT2D eigenvalue weighted by Crippen LogP contribution is 2.20. The first-order valence-corrected chi connectivity index (χ1v) is 6.33. The van der Waals surface area contributed by atoms with E-state index >= 15 is 0 Å². The van der Waals surface area contributed by atoms with Gasteiger partial charge in [-0.3, -0.25) is 0 Å². The van der Waals surface area contributed by atoms with Crippen molar-refractivity contribution in [2.24, 2.45) is 14.1 Å². The fourth-order valence-electron chi connectivity index (χ4n) is 2.44. The van der Waals surface area contributed by atoms with E-state index in [1.165, 1.54) is 0 Å². The van der Waals surface area contributed by atoms with Crippen LogP contribution in [0.15, 0.2) is 6.07 Å². The topological polar surface area (TPSA) is 48.5 Å². The van der Waals surface area contributed by atoms with E-state index in [2.05, 4.69) is 32.9 Å². The van der Waals surface area contributed by atoms with E-state index in [4.69, 9.17) is 4.98 Å². The van der Waals surface area contributed by atoms with Gasteiger partial charge in [0.2, 0.25) is 0 Å². The van der Waals surface area contributed by atoms with Crippen LogP contribution in [0.3, 0.4) is 0 Å². The molecule has 0 aliphatic rings. The van der Waals surface area contributed by atoms with E-state index in [1.54, 1.807) is 0 Å². The molecule has 0 saturated heterocycles.